The average Bonchev–Trinajstić information content (AvgIpc) is 2.20. The molecule has 0 saturated carbocycles. The van der Waals surface area contributed by atoms with Crippen LogP contribution in [-0.2, 0) is 9.53 Å². The quantitative estimate of drug-likeness (QED) is 0.714. The van der Waals surface area contributed by atoms with Gasteiger partial charge in [0.15, 0.2) is 0 Å². The second-order valence-corrected chi connectivity index (χ2v) is 6.19. The van der Waals surface area contributed by atoms with E-state index in [1.54, 1.807) is 20.8 Å². The van der Waals surface area contributed by atoms with Crippen LogP contribution in [0.25, 0.3) is 0 Å². The molecule has 1 unspecified atom stereocenters. The zero-order valence-electron chi connectivity index (χ0n) is 13.3. The molecule has 0 rings (SSSR count). The van der Waals surface area contributed by atoms with Crippen LogP contribution in [-0.4, -0.2) is 29.7 Å². The second kappa shape index (κ2) is 6.63. The highest BCUT2D eigenvalue weighted by Gasteiger charge is 2.37. The van der Waals surface area contributed by atoms with Gasteiger partial charge in [0.05, 0.1) is 5.54 Å². The van der Waals surface area contributed by atoms with Crippen molar-refractivity contribution < 1.29 is 14.3 Å². The SMILES string of the molecule is C=C(N)C(CNC(=O)OC(C)(C)C)(NC(C)=O)C(C)C. The number of hydrogen-bond donors (Lipinski definition) is 3. The zero-order valence-corrected chi connectivity index (χ0v) is 13.3. The fourth-order valence-electron chi connectivity index (χ4n) is 1.80. The lowest BCUT2D eigenvalue weighted by molar-refractivity contribution is -0.121. The lowest BCUT2D eigenvalue weighted by Gasteiger charge is -2.38. The number of ether oxygens (including phenoxy) is 1. The molecular formula is C14H27N3O3. The van der Waals surface area contributed by atoms with Gasteiger partial charge in [-0.05, 0) is 26.7 Å². The highest BCUT2D eigenvalue weighted by molar-refractivity contribution is 5.75. The molecule has 0 aromatic rings. The summed E-state index contributed by atoms with van der Waals surface area (Å²) in [5.74, 6) is -0.282. The van der Waals surface area contributed by atoms with E-state index in [2.05, 4.69) is 17.2 Å². The molecule has 1 atom stereocenters. The molecule has 0 aliphatic carbocycles. The van der Waals surface area contributed by atoms with Crippen molar-refractivity contribution in [3.8, 4) is 0 Å². The Hall–Kier alpha value is -1.72. The number of hydrogen-bond acceptors (Lipinski definition) is 4. The first-order chi connectivity index (χ1) is 8.90. The van der Waals surface area contributed by atoms with E-state index in [4.69, 9.17) is 10.5 Å². The van der Waals surface area contributed by atoms with Gasteiger partial charge < -0.3 is 21.1 Å². The van der Waals surface area contributed by atoms with Gasteiger partial charge in [-0.1, -0.05) is 20.4 Å². The number of carbonyl (C=O) groups excluding carboxylic acids is 2. The van der Waals surface area contributed by atoms with Crippen molar-refractivity contribution in [3.63, 3.8) is 0 Å². The predicted octanol–water partition coefficient (Wildman–Crippen LogP) is 1.51. The zero-order chi connectivity index (χ0) is 16.1. The molecule has 0 bridgehead atoms. The molecule has 0 spiro atoms. The fourth-order valence-corrected chi connectivity index (χ4v) is 1.80. The topological polar surface area (TPSA) is 93.4 Å². The normalized spacial score (nSPS) is 14.3. The Labute approximate surface area is 121 Å². The molecule has 116 valence electrons. The first-order valence-corrected chi connectivity index (χ1v) is 6.61. The van der Waals surface area contributed by atoms with Gasteiger partial charge in [0.25, 0.3) is 0 Å². The maximum absolute atomic E-state index is 11.7. The van der Waals surface area contributed by atoms with Crippen molar-refractivity contribution in [1.82, 2.24) is 10.6 Å². The van der Waals surface area contributed by atoms with Crippen LogP contribution in [0, 0.1) is 5.92 Å². The molecule has 6 nitrogen and oxygen atoms in total. The van der Waals surface area contributed by atoms with Crippen LogP contribution in [0.1, 0.15) is 41.5 Å². The first kappa shape index (κ1) is 18.3. The Morgan fingerprint density at radius 2 is 1.80 bits per heavy atom. The van der Waals surface area contributed by atoms with Gasteiger partial charge in [-0.2, -0.15) is 0 Å². The van der Waals surface area contributed by atoms with Crippen molar-refractivity contribution in [2.24, 2.45) is 11.7 Å². The molecule has 0 saturated heterocycles. The summed E-state index contributed by atoms with van der Waals surface area (Å²) < 4.78 is 5.16. The van der Waals surface area contributed by atoms with Crippen LogP contribution in [0.15, 0.2) is 12.3 Å². The third kappa shape index (κ3) is 5.50. The van der Waals surface area contributed by atoms with Crippen molar-refractivity contribution in [3.05, 3.63) is 12.3 Å². The van der Waals surface area contributed by atoms with Gasteiger partial charge in [0, 0.05) is 19.2 Å². The predicted molar refractivity (Wildman–Crippen MR) is 78.9 cm³/mol. The third-order valence-electron chi connectivity index (χ3n) is 2.87. The average molecular weight is 285 g/mol. The maximum atomic E-state index is 11.7. The summed E-state index contributed by atoms with van der Waals surface area (Å²) in [6, 6.07) is 0. The van der Waals surface area contributed by atoms with Crippen molar-refractivity contribution in [2.45, 2.75) is 52.7 Å². The van der Waals surface area contributed by atoms with E-state index in [1.807, 2.05) is 13.8 Å². The van der Waals surface area contributed by atoms with E-state index in [0.29, 0.717) is 5.70 Å². The van der Waals surface area contributed by atoms with Crippen LogP contribution in [0.5, 0.6) is 0 Å². The summed E-state index contributed by atoms with van der Waals surface area (Å²) in [6.45, 7) is 14.4. The van der Waals surface area contributed by atoms with Crippen molar-refractivity contribution >= 4 is 12.0 Å². The Bertz CT molecular complexity index is 386. The molecule has 0 radical (unpaired) electrons. The molecule has 6 heteroatoms. The van der Waals surface area contributed by atoms with E-state index < -0.39 is 17.2 Å². The monoisotopic (exact) mass is 285 g/mol. The minimum Gasteiger partial charge on any atom is -0.444 e. The molecular weight excluding hydrogens is 258 g/mol. The van der Waals surface area contributed by atoms with Crippen LogP contribution in [0.4, 0.5) is 4.79 Å². The molecule has 0 aliphatic heterocycles. The minimum atomic E-state index is -0.900. The van der Waals surface area contributed by atoms with Gasteiger partial charge in [-0.3, -0.25) is 4.79 Å². The molecule has 4 N–H and O–H groups in total. The highest BCUT2D eigenvalue weighted by atomic mass is 16.6. The van der Waals surface area contributed by atoms with E-state index in [1.165, 1.54) is 6.92 Å². The fraction of sp³-hybridized carbons (Fsp3) is 0.714. The summed E-state index contributed by atoms with van der Waals surface area (Å²) in [6.07, 6.45) is -0.561. The minimum absolute atomic E-state index is 0.0427. The third-order valence-corrected chi connectivity index (χ3v) is 2.87. The molecule has 20 heavy (non-hydrogen) atoms. The van der Waals surface area contributed by atoms with Gasteiger partial charge in [-0.25, -0.2) is 4.79 Å². The number of carbonyl (C=O) groups is 2. The largest absolute Gasteiger partial charge is 0.444 e. The lowest BCUT2D eigenvalue weighted by atomic mass is 9.83. The molecule has 0 heterocycles. The first-order valence-electron chi connectivity index (χ1n) is 6.61. The molecule has 2 amide bonds. The number of nitrogens with one attached hydrogen (secondary N) is 2. The highest BCUT2D eigenvalue weighted by Crippen LogP contribution is 2.22. The Balaban J connectivity index is 4.96. The van der Waals surface area contributed by atoms with Crippen LogP contribution in [0.3, 0.4) is 0 Å². The number of rotatable bonds is 5. The van der Waals surface area contributed by atoms with Gasteiger partial charge >= 0.3 is 6.09 Å². The molecule has 0 aromatic carbocycles. The Morgan fingerprint density at radius 1 is 1.30 bits per heavy atom. The summed E-state index contributed by atoms with van der Waals surface area (Å²) >= 11 is 0. The van der Waals surface area contributed by atoms with E-state index >= 15 is 0 Å². The van der Waals surface area contributed by atoms with E-state index in [0.717, 1.165) is 0 Å². The standard InChI is InChI=1S/C14H27N3O3/c1-9(2)14(10(3)15,17-11(4)18)8-16-12(19)20-13(5,6)7/h9H,3,8,15H2,1-2,4-7H3,(H,16,19)(H,17,18). The maximum Gasteiger partial charge on any atom is 0.407 e. The molecule has 0 aromatic heterocycles. The van der Waals surface area contributed by atoms with Crippen molar-refractivity contribution in [1.29, 1.82) is 0 Å². The van der Waals surface area contributed by atoms with Crippen LogP contribution >= 0.6 is 0 Å². The van der Waals surface area contributed by atoms with Gasteiger partial charge in [0.1, 0.15) is 5.60 Å². The Morgan fingerprint density at radius 3 is 2.10 bits per heavy atom. The molecule has 0 fully saturated rings. The Kier molecular flexibility index (Phi) is 6.06. The van der Waals surface area contributed by atoms with Gasteiger partial charge in [-0.15, -0.1) is 0 Å². The number of alkyl carbamates (subject to hydrolysis) is 1. The summed E-state index contributed by atoms with van der Waals surface area (Å²) in [4.78, 5) is 23.1. The number of amides is 2. The second-order valence-electron chi connectivity index (χ2n) is 6.19. The lowest BCUT2D eigenvalue weighted by Crippen LogP contribution is -2.61. The smallest absolute Gasteiger partial charge is 0.407 e. The van der Waals surface area contributed by atoms with E-state index in [-0.39, 0.29) is 18.4 Å². The number of nitrogens with two attached hydrogens (primary N) is 1. The molecule has 0 aliphatic rings. The van der Waals surface area contributed by atoms with Crippen LogP contribution in [0.2, 0.25) is 0 Å². The van der Waals surface area contributed by atoms with Crippen LogP contribution < -0.4 is 16.4 Å². The van der Waals surface area contributed by atoms with Gasteiger partial charge in [0.2, 0.25) is 5.91 Å². The summed E-state index contributed by atoms with van der Waals surface area (Å²) in [7, 11) is 0. The van der Waals surface area contributed by atoms with Crippen molar-refractivity contribution in [2.75, 3.05) is 6.54 Å². The summed E-state index contributed by atoms with van der Waals surface area (Å²) in [5, 5.41) is 5.41. The van der Waals surface area contributed by atoms with E-state index in [9.17, 15) is 9.59 Å². The summed E-state index contributed by atoms with van der Waals surface area (Å²) in [5.41, 5.74) is 4.64.